The van der Waals surface area contributed by atoms with Crippen LogP contribution in [-0.2, 0) is 11.3 Å². The number of aryl methyl sites for hydroxylation is 1. The van der Waals surface area contributed by atoms with E-state index in [4.69, 9.17) is 4.74 Å². The van der Waals surface area contributed by atoms with Gasteiger partial charge in [0, 0.05) is 63.8 Å². The van der Waals surface area contributed by atoms with E-state index in [-0.39, 0.29) is 17.4 Å². The molecule has 0 spiro atoms. The second-order valence-electron chi connectivity index (χ2n) is 7.89. The van der Waals surface area contributed by atoms with Crippen molar-refractivity contribution in [2.75, 3.05) is 45.9 Å². The number of carbonyl (C=O) groups is 1. The molecule has 2 saturated heterocycles. The van der Waals surface area contributed by atoms with Crippen LogP contribution in [0.3, 0.4) is 0 Å². The topological polar surface area (TPSA) is 83.5 Å². The molecule has 0 aromatic carbocycles. The number of hydrogen-bond donors (Lipinski definition) is 1. The van der Waals surface area contributed by atoms with Gasteiger partial charge in [0.2, 0.25) is 0 Å². The molecule has 156 valence electrons. The molecule has 8 nitrogen and oxygen atoms in total. The number of rotatable bonds is 5. The van der Waals surface area contributed by atoms with Crippen molar-refractivity contribution in [1.29, 1.82) is 0 Å². The van der Waals surface area contributed by atoms with Gasteiger partial charge in [0.05, 0.1) is 13.2 Å². The molecule has 4 heterocycles. The summed E-state index contributed by atoms with van der Waals surface area (Å²) < 4.78 is 7.05. The first-order chi connectivity index (χ1) is 14.1. The average Bonchev–Trinajstić information content (AvgIpc) is 3.29. The van der Waals surface area contributed by atoms with E-state index in [1.54, 1.807) is 17.0 Å². The molecular formula is C21H29N5O3. The fourth-order valence-corrected chi connectivity index (χ4v) is 4.22. The van der Waals surface area contributed by atoms with Gasteiger partial charge < -0.3 is 19.2 Å². The number of aromatic amines is 1. The number of imidazole rings is 1. The molecule has 1 unspecified atom stereocenters. The van der Waals surface area contributed by atoms with Crippen LogP contribution in [0.5, 0.6) is 0 Å². The summed E-state index contributed by atoms with van der Waals surface area (Å²) in [5.74, 6) is 0.940. The highest BCUT2D eigenvalue weighted by Crippen LogP contribution is 2.25. The predicted molar refractivity (Wildman–Crippen MR) is 109 cm³/mol. The second kappa shape index (κ2) is 8.92. The van der Waals surface area contributed by atoms with Crippen molar-refractivity contribution >= 4 is 5.91 Å². The summed E-state index contributed by atoms with van der Waals surface area (Å²) in [4.78, 5) is 38.0. The third-order valence-corrected chi connectivity index (χ3v) is 5.96. The van der Waals surface area contributed by atoms with Gasteiger partial charge in [-0.1, -0.05) is 0 Å². The Morgan fingerprint density at radius 2 is 2.10 bits per heavy atom. The first-order valence-corrected chi connectivity index (χ1v) is 10.4. The van der Waals surface area contributed by atoms with Crippen LogP contribution in [0.2, 0.25) is 0 Å². The minimum absolute atomic E-state index is 0.163. The Kier molecular flexibility index (Phi) is 6.10. The van der Waals surface area contributed by atoms with E-state index in [1.807, 2.05) is 24.1 Å². The first-order valence-electron chi connectivity index (χ1n) is 10.4. The molecule has 2 fully saturated rings. The van der Waals surface area contributed by atoms with Gasteiger partial charge in [0.15, 0.2) is 0 Å². The third-order valence-electron chi connectivity index (χ3n) is 5.96. The van der Waals surface area contributed by atoms with Crippen LogP contribution in [-0.4, -0.2) is 76.2 Å². The Morgan fingerprint density at radius 3 is 2.86 bits per heavy atom. The number of H-pyrrole nitrogens is 1. The Hall–Kier alpha value is -2.45. The van der Waals surface area contributed by atoms with Crippen LogP contribution in [0.25, 0.3) is 0 Å². The van der Waals surface area contributed by atoms with Gasteiger partial charge in [-0.15, -0.1) is 0 Å². The van der Waals surface area contributed by atoms with Crippen molar-refractivity contribution in [3.05, 3.63) is 52.0 Å². The van der Waals surface area contributed by atoms with Gasteiger partial charge in [-0.25, -0.2) is 4.98 Å². The molecule has 1 atom stereocenters. The SMILES string of the molecule is Cc1ccn(CCN2CCOCC2)c(=O)c1C(=O)N1CCCC(c2ncc[nH]2)C1. The van der Waals surface area contributed by atoms with Gasteiger partial charge in [-0.05, 0) is 31.4 Å². The lowest BCUT2D eigenvalue weighted by Crippen LogP contribution is -2.43. The van der Waals surface area contributed by atoms with Gasteiger partial charge in [0.1, 0.15) is 11.4 Å². The lowest BCUT2D eigenvalue weighted by atomic mass is 9.96. The molecule has 29 heavy (non-hydrogen) atoms. The lowest BCUT2D eigenvalue weighted by Gasteiger charge is -2.32. The van der Waals surface area contributed by atoms with Crippen molar-refractivity contribution in [3.8, 4) is 0 Å². The summed E-state index contributed by atoms with van der Waals surface area (Å²) in [6, 6.07) is 1.88. The minimum atomic E-state index is -0.191. The number of amides is 1. The number of nitrogens with one attached hydrogen (secondary N) is 1. The summed E-state index contributed by atoms with van der Waals surface area (Å²) in [6.07, 6.45) is 7.26. The summed E-state index contributed by atoms with van der Waals surface area (Å²) in [7, 11) is 0. The van der Waals surface area contributed by atoms with E-state index >= 15 is 0 Å². The van der Waals surface area contributed by atoms with Crippen LogP contribution >= 0.6 is 0 Å². The molecule has 1 amide bonds. The molecular weight excluding hydrogens is 370 g/mol. The zero-order valence-electron chi connectivity index (χ0n) is 17.0. The molecule has 2 aromatic rings. The van der Waals surface area contributed by atoms with E-state index in [0.717, 1.165) is 57.1 Å². The molecule has 4 rings (SSSR count). The Balaban J connectivity index is 1.49. The van der Waals surface area contributed by atoms with Crippen LogP contribution in [0.15, 0.2) is 29.5 Å². The number of piperidine rings is 1. The van der Waals surface area contributed by atoms with Gasteiger partial charge in [-0.2, -0.15) is 0 Å². The number of pyridine rings is 1. The maximum absolute atomic E-state index is 13.3. The van der Waals surface area contributed by atoms with E-state index in [2.05, 4.69) is 14.9 Å². The quantitative estimate of drug-likeness (QED) is 0.818. The number of ether oxygens (including phenoxy) is 1. The molecule has 2 aliphatic rings. The largest absolute Gasteiger partial charge is 0.379 e. The predicted octanol–water partition coefficient (Wildman–Crippen LogP) is 1.23. The monoisotopic (exact) mass is 399 g/mol. The maximum atomic E-state index is 13.3. The Bertz CT molecular complexity index is 886. The number of morpholine rings is 1. The number of aromatic nitrogens is 3. The molecule has 8 heteroatoms. The second-order valence-corrected chi connectivity index (χ2v) is 7.89. The number of carbonyl (C=O) groups excluding carboxylic acids is 1. The van der Waals surface area contributed by atoms with Crippen molar-refractivity contribution in [2.24, 2.45) is 0 Å². The average molecular weight is 399 g/mol. The van der Waals surface area contributed by atoms with Gasteiger partial charge in [0.25, 0.3) is 11.5 Å². The zero-order valence-corrected chi connectivity index (χ0v) is 17.0. The third kappa shape index (κ3) is 4.43. The molecule has 0 aliphatic carbocycles. The number of nitrogens with zero attached hydrogens (tertiary/aromatic N) is 4. The van der Waals surface area contributed by atoms with Crippen molar-refractivity contribution < 1.29 is 9.53 Å². The molecule has 0 bridgehead atoms. The first kappa shape index (κ1) is 19.8. The highest BCUT2D eigenvalue weighted by molar-refractivity contribution is 5.95. The fraction of sp³-hybridized carbons (Fsp3) is 0.571. The smallest absolute Gasteiger partial charge is 0.263 e. The summed E-state index contributed by atoms with van der Waals surface area (Å²) in [5.41, 5.74) is 0.848. The fourth-order valence-electron chi connectivity index (χ4n) is 4.22. The molecule has 2 aliphatic heterocycles. The van der Waals surface area contributed by atoms with E-state index in [9.17, 15) is 9.59 Å². The van der Waals surface area contributed by atoms with Crippen LogP contribution in [0, 0.1) is 6.92 Å². The number of likely N-dealkylation sites (tertiary alicyclic amines) is 1. The standard InChI is InChI=1S/C21H29N5O3/c1-16-4-8-25(10-9-24-11-13-29-14-12-24)20(27)18(16)21(28)26-7-2-3-17(15-26)19-22-5-6-23-19/h4-6,8,17H,2-3,7,9-15H2,1H3,(H,22,23). The van der Waals surface area contributed by atoms with E-state index < -0.39 is 0 Å². The maximum Gasteiger partial charge on any atom is 0.263 e. The highest BCUT2D eigenvalue weighted by Gasteiger charge is 2.29. The van der Waals surface area contributed by atoms with Crippen molar-refractivity contribution in [2.45, 2.75) is 32.2 Å². The lowest BCUT2D eigenvalue weighted by molar-refractivity contribution is 0.0362. The Labute approximate surface area is 170 Å². The van der Waals surface area contributed by atoms with Crippen LogP contribution in [0.1, 0.15) is 40.5 Å². The number of hydrogen-bond acceptors (Lipinski definition) is 5. The van der Waals surface area contributed by atoms with Crippen LogP contribution in [0.4, 0.5) is 0 Å². The Morgan fingerprint density at radius 1 is 1.28 bits per heavy atom. The van der Waals surface area contributed by atoms with E-state index in [1.165, 1.54) is 0 Å². The molecule has 2 aromatic heterocycles. The van der Waals surface area contributed by atoms with Crippen molar-refractivity contribution in [1.82, 2.24) is 24.3 Å². The van der Waals surface area contributed by atoms with Crippen molar-refractivity contribution in [3.63, 3.8) is 0 Å². The summed E-state index contributed by atoms with van der Waals surface area (Å²) in [5, 5.41) is 0. The molecule has 0 radical (unpaired) electrons. The van der Waals surface area contributed by atoms with Crippen LogP contribution < -0.4 is 5.56 Å². The highest BCUT2D eigenvalue weighted by atomic mass is 16.5. The van der Waals surface area contributed by atoms with Gasteiger partial charge >= 0.3 is 0 Å². The van der Waals surface area contributed by atoms with E-state index in [0.29, 0.717) is 25.2 Å². The molecule has 1 N–H and O–H groups in total. The summed E-state index contributed by atoms with van der Waals surface area (Å²) >= 11 is 0. The zero-order chi connectivity index (χ0) is 20.2. The van der Waals surface area contributed by atoms with Gasteiger partial charge in [-0.3, -0.25) is 14.5 Å². The summed E-state index contributed by atoms with van der Waals surface area (Å²) in [6.45, 7) is 7.71. The molecule has 0 saturated carbocycles. The minimum Gasteiger partial charge on any atom is -0.379 e. The normalized spacial score (nSPS) is 20.7.